The van der Waals surface area contributed by atoms with Crippen LogP contribution in [0.2, 0.25) is 5.02 Å². The monoisotopic (exact) mass is 404 g/mol. The van der Waals surface area contributed by atoms with Crippen LogP contribution in [0.1, 0.15) is 29.3 Å². The summed E-state index contributed by atoms with van der Waals surface area (Å²) in [6.45, 7) is 3.03. The Balaban J connectivity index is 1.70. The van der Waals surface area contributed by atoms with Crippen LogP contribution in [0.5, 0.6) is 11.5 Å². The molecule has 2 aromatic carbocycles. The lowest BCUT2D eigenvalue weighted by Gasteiger charge is -2.11. The van der Waals surface area contributed by atoms with Gasteiger partial charge in [0.2, 0.25) is 0 Å². The highest BCUT2D eigenvalue weighted by molar-refractivity contribution is 6.30. The van der Waals surface area contributed by atoms with Crippen molar-refractivity contribution in [3.8, 4) is 11.5 Å². The Morgan fingerprint density at radius 3 is 2.11 bits per heavy atom. The van der Waals surface area contributed by atoms with Gasteiger partial charge in [-0.3, -0.25) is 25.2 Å². The number of Topliss-reactive ketones (excluding diaryl/α,β-unsaturated/α-hetero) is 1. The van der Waals surface area contributed by atoms with Gasteiger partial charge in [-0.25, -0.2) is 0 Å². The van der Waals surface area contributed by atoms with E-state index in [0.29, 0.717) is 28.5 Å². The SMILES string of the molecule is CCC(=O)c1ccc(OCC(=O)NNC(=O)COc2ccc(Cl)cc2C)cc1. The molecule has 0 spiro atoms. The Morgan fingerprint density at radius 2 is 1.54 bits per heavy atom. The molecule has 0 fully saturated rings. The number of carbonyl (C=O) groups is 3. The molecule has 0 atom stereocenters. The summed E-state index contributed by atoms with van der Waals surface area (Å²) in [6.07, 6.45) is 0.420. The number of benzene rings is 2. The fraction of sp³-hybridized carbons (Fsp3) is 0.250. The number of hydrazine groups is 1. The predicted octanol–water partition coefficient (Wildman–Crippen LogP) is 2.85. The molecule has 0 saturated heterocycles. The summed E-state index contributed by atoms with van der Waals surface area (Å²) in [4.78, 5) is 35.1. The Kier molecular flexibility index (Phi) is 7.83. The largest absolute Gasteiger partial charge is 0.484 e. The molecule has 0 heterocycles. The van der Waals surface area contributed by atoms with Gasteiger partial charge < -0.3 is 9.47 Å². The first-order chi connectivity index (χ1) is 13.4. The van der Waals surface area contributed by atoms with Gasteiger partial charge in [-0.15, -0.1) is 0 Å². The minimum atomic E-state index is -0.537. The number of ether oxygens (including phenoxy) is 2. The van der Waals surface area contributed by atoms with E-state index in [1.807, 2.05) is 6.92 Å². The van der Waals surface area contributed by atoms with Crippen molar-refractivity contribution in [1.29, 1.82) is 0 Å². The van der Waals surface area contributed by atoms with Gasteiger partial charge in [-0.2, -0.15) is 0 Å². The third-order valence-corrected chi connectivity index (χ3v) is 3.94. The first-order valence-electron chi connectivity index (χ1n) is 8.61. The lowest BCUT2D eigenvalue weighted by molar-refractivity contribution is -0.131. The van der Waals surface area contributed by atoms with Gasteiger partial charge in [0.1, 0.15) is 11.5 Å². The summed E-state index contributed by atoms with van der Waals surface area (Å²) in [5, 5.41) is 0.577. The average molecular weight is 405 g/mol. The standard InChI is InChI=1S/C20H21ClN2O5/c1-3-17(24)14-4-7-16(8-5-14)27-11-19(25)22-23-20(26)12-28-18-9-6-15(21)10-13(18)2/h4-10H,3,11-12H2,1-2H3,(H,22,25)(H,23,26). The molecular weight excluding hydrogens is 384 g/mol. The Morgan fingerprint density at radius 1 is 0.929 bits per heavy atom. The Hall–Kier alpha value is -3.06. The normalized spacial score (nSPS) is 10.1. The van der Waals surface area contributed by atoms with Crippen LogP contribution in [0.25, 0.3) is 0 Å². The third kappa shape index (κ3) is 6.59. The van der Waals surface area contributed by atoms with Gasteiger partial charge in [0.15, 0.2) is 19.0 Å². The van der Waals surface area contributed by atoms with Crippen molar-refractivity contribution in [1.82, 2.24) is 10.9 Å². The van der Waals surface area contributed by atoms with Gasteiger partial charge in [0, 0.05) is 17.0 Å². The highest BCUT2D eigenvalue weighted by Crippen LogP contribution is 2.21. The van der Waals surface area contributed by atoms with Crippen LogP contribution >= 0.6 is 11.6 Å². The molecule has 8 heteroatoms. The molecule has 0 bridgehead atoms. The number of amides is 2. The molecule has 2 N–H and O–H groups in total. The first-order valence-corrected chi connectivity index (χ1v) is 8.99. The maximum absolute atomic E-state index is 11.8. The zero-order valence-corrected chi connectivity index (χ0v) is 16.3. The van der Waals surface area contributed by atoms with Gasteiger partial charge in [-0.05, 0) is 55.0 Å². The number of hydrogen-bond acceptors (Lipinski definition) is 5. The molecule has 0 aromatic heterocycles. The van der Waals surface area contributed by atoms with Crippen LogP contribution < -0.4 is 20.3 Å². The number of rotatable bonds is 8. The van der Waals surface area contributed by atoms with E-state index in [2.05, 4.69) is 10.9 Å². The second-order valence-corrected chi connectivity index (χ2v) is 6.32. The van der Waals surface area contributed by atoms with Crippen LogP contribution in [-0.4, -0.2) is 30.8 Å². The fourth-order valence-electron chi connectivity index (χ4n) is 2.22. The predicted molar refractivity (Wildman–Crippen MR) is 105 cm³/mol. The van der Waals surface area contributed by atoms with Gasteiger partial charge in [-0.1, -0.05) is 18.5 Å². The first kappa shape index (κ1) is 21.2. The van der Waals surface area contributed by atoms with Crippen LogP contribution in [-0.2, 0) is 9.59 Å². The van der Waals surface area contributed by atoms with Crippen molar-refractivity contribution in [2.45, 2.75) is 20.3 Å². The fourth-order valence-corrected chi connectivity index (χ4v) is 2.45. The molecule has 0 radical (unpaired) electrons. The molecule has 2 amide bonds. The molecule has 28 heavy (non-hydrogen) atoms. The minimum Gasteiger partial charge on any atom is -0.484 e. The topological polar surface area (TPSA) is 93.7 Å². The van der Waals surface area contributed by atoms with E-state index >= 15 is 0 Å². The number of nitrogens with one attached hydrogen (secondary N) is 2. The van der Waals surface area contributed by atoms with Gasteiger partial charge in [0.25, 0.3) is 11.8 Å². The van der Waals surface area contributed by atoms with E-state index in [9.17, 15) is 14.4 Å². The van der Waals surface area contributed by atoms with Crippen LogP contribution in [0.4, 0.5) is 0 Å². The van der Waals surface area contributed by atoms with E-state index in [1.165, 1.54) is 0 Å². The maximum atomic E-state index is 11.8. The minimum absolute atomic E-state index is 0.0306. The summed E-state index contributed by atoms with van der Waals surface area (Å²) < 4.78 is 10.7. The van der Waals surface area contributed by atoms with Crippen LogP contribution in [0.15, 0.2) is 42.5 Å². The second-order valence-electron chi connectivity index (χ2n) is 5.88. The maximum Gasteiger partial charge on any atom is 0.276 e. The van der Waals surface area contributed by atoms with E-state index in [0.717, 1.165) is 5.56 Å². The number of ketones is 1. The smallest absolute Gasteiger partial charge is 0.276 e. The van der Waals surface area contributed by atoms with E-state index < -0.39 is 11.8 Å². The molecule has 0 aliphatic rings. The molecule has 0 unspecified atom stereocenters. The number of hydrogen-bond donors (Lipinski definition) is 2. The molecule has 0 aliphatic heterocycles. The van der Waals surface area contributed by atoms with E-state index in [1.54, 1.807) is 49.4 Å². The molecule has 2 rings (SSSR count). The van der Waals surface area contributed by atoms with Crippen molar-refractivity contribution in [2.75, 3.05) is 13.2 Å². The Labute approximate surface area is 167 Å². The summed E-state index contributed by atoms with van der Waals surface area (Å²) in [7, 11) is 0. The molecule has 0 saturated carbocycles. The lowest BCUT2D eigenvalue weighted by Crippen LogP contribution is -2.45. The van der Waals surface area contributed by atoms with Gasteiger partial charge >= 0.3 is 0 Å². The molecule has 148 valence electrons. The summed E-state index contributed by atoms with van der Waals surface area (Å²) in [5.41, 5.74) is 5.85. The van der Waals surface area contributed by atoms with Crippen molar-refractivity contribution < 1.29 is 23.9 Å². The third-order valence-electron chi connectivity index (χ3n) is 3.70. The highest BCUT2D eigenvalue weighted by Gasteiger charge is 2.08. The average Bonchev–Trinajstić information content (AvgIpc) is 2.69. The van der Waals surface area contributed by atoms with Crippen LogP contribution in [0, 0.1) is 6.92 Å². The number of aryl methyl sites for hydroxylation is 1. The zero-order chi connectivity index (χ0) is 20.5. The highest BCUT2D eigenvalue weighted by atomic mass is 35.5. The van der Waals surface area contributed by atoms with Crippen molar-refractivity contribution in [3.63, 3.8) is 0 Å². The summed E-state index contributed by atoms with van der Waals surface area (Å²) in [6, 6.07) is 11.5. The van der Waals surface area contributed by atoms with Crippen molar-refractivity contribution in [2.24, 2.45) is 0 Å². The second kappa shape index (κ2) is 10.3. The van der Waals surface area contributed by atoms with Crippen molar-refractivity contribution >= 4 is 29.2 Å². The molecule has 0 aliphatic carbocycles. The number of halogens is 1. The summed E-state index contributed by atoms with van der Waals surface area (Å²) >= 11 is 5.86. The quantitative estimate of drug-likeness (QED) is 0.521. The summed E-state index contributed by atoms with van der Waals surface area (Å²) in [5.74, 6) is -0.0622. The lowest BCUT2D eigenvalue weighted by atomic mass is 10.1. The molecule has 7 nitrogen and oxygen atoms in total. The molecule has 2 aromatic rings. The van der Waals surface area contributed by atoms with Crippen LogP contribution in [0.3, 0.4) is 0 Å². The Bertz CT molecular complexity index is 852. The van der Waals surface area contributed by atoms with E-state index in [4.69, 9.17) is 21.1 Å². The number of carbonyl (C=O) groups excluding carboxylic acids is 3. The van der Waals surface area contributed by atoms with E-state index in [-0.39, 0.29) is 19.0 Å². The molecular formula is C20H21ClN2O5. The van der Waals surface area contributed by atoms with Gasteiger partial charge in [0.05, 0.1) is 0 Å². The van der Waals surface area contributed by atoms with Crippen molar-refractivity contribution in [3.05, 3.63) is 58.6 Å². The zero-order valence-electron chi connectivity index (χ0n) is 15.6.